The number of hydrogen-bond donors (Lipinski definition) is 10. The molecule has 8 aliphatic carbocycles. The third kappa shape index (κ3) is 15.7. The average Bonchev–Trinajstić information content (AvgIpc) is 1.07. The predicted octanol–water partition coefficient (Wildman–Crippen LogP) is 9.30. The van der Waals surface area contributed by atoms with Crippen molar-refractivity contribution in [3.63, 3.8) is 0 Å². The van der Waals surface area contributed by atoms with Crippen molar-refractivity contribution in [3.8, 4) is 0 Å². The molecule has 0 aromatic carbocycles. The molecule has 8 aliphatic rings. The smallest absolute Gasteiger partial charge is 0.393 e. The topological polar surface area (TPSA) is 267 Å². The Morgan fingerprint density at radius 1 is 0.605 bits per heavy atom. The Morgan fingerprint density at radius 2 is 1.08 bits per heavy atom. The summed E-state index contributed by atoms with van der Waals surface area (Å²) in [5.41, 5.74) is 5.99. The van der Waals surface area contributed by atoms with E-state index in [9.17, 15) is 36.2 Å². The number of rotatable bonds is 32. The molecule has 18 heteroatoms. The van der Waals surface area contributed by atoms with Gasteiger partial charge in [0.1, 0.15) is 6.21 Å². The molecular formula is C68H127N6O10S2+. The van der Waals surface area contributed by atoms with Crippen LogP contribution in [0, 0.1) is 122 Å². The molecule has 0 amide bonds. The van der Waals surface area contributed by atoms with E-state index in [0.717, 1.165) is 155 Å². The highest BCUT2D eigenvalue weighted by Gasteiger charge is 2.67. The Labute approximate surface area is 523 Å². The van der Waals surface area contributed by atoms with Crippen LogP contribution in [0.15, 0.2) is 0 Å². The van der Waals surface area contributed by atoms with E-state index >= 15 is 0 Å². The van der Waals surface area contributed by atoms with Crippen LogP contribution in [0.25, 0.3) is 0 Å². The molecule has 14 unspecified atom stereocenters. The standard InChI is InChI=1S/C68H126N6O10S2/c1-42(2)60(84-86(80,81)82)37-54(46(6)51-19-21-53-62(51)45(5)36-56-64(53)58(76)41-66(9)39-49(24-26-68(56,66)11)74-34-16-32-72-30-14-28-70)47(7)59(83-85(77,78)79)22-17-43(3)50-18-20-52-61(50)44(4)35-55-63(52)57(75)40-65(8)38-48(23-25-67(55,65)10)73-33-15-31-71-29-13-12-27-69/h28,42-64,70-76H,12-27,29-41,69H2,1-11H3,(H,77,78,79)(H,80,81,82)/p+1/t43-,44+,45+,46+,47?,48-,49-,50?,51?,52?,53?,54?,55?,56?,57+,58+,59?,60?,61?,62?,63?,64?,65+,66+,67+,68+/m0/s1. The van der Waals surface area contributed by atoms with Crippen LogP contribution in [0.1, 0.15) is 217 Å². The van der Waals surface area contributed by atoms with Gasteiger partial charge in [0.05, 0.1) is 24.4 Å². The number of unbranched alkanes of at least 4 members (excludes halogenated alkanes) is 1. The van der Waals surface area contributed by atoms with Gasteiger partial charge in [-0.25, -0.2) is 8.37 Å². The Bertz CT molecular complexity index is 2390. The molecule has 8 fully saturated rings. The number of hydrogen-bond acceptors (Lipinski definition) is 13. The maximum absolute atomic E-state index is 13.1. The van der Waals surface area contributed by atoms with Gasteiger partial charge >= 0.3 is 20.8 Å². The lowest BCUT2D eigenvalue weighted by Gasteiger charge is -2.66. The molecule has 0 spiro atoms. The lowest BCUT2D eigenvalue weighted by molar-refractivity contribution is -0.198. The summed E-state index contributed by atoms with van der Waals surface area (Å²) in [7, 11) is -9.72. The molecule has 8 saturated carbocycles. The van der Waals surface area contributed by atoms with E-state index in [0.29, 0.717) is 78.2 Å². The van der Waals surface area contributed by atoms with Gasteiger partial charge in [0, 0.05) is 25.0 Å². The van der Waals surface area contributed by atoms with Crippen molar-refractivity contribution in [1.29, 1.82) is 0 Å². The quantitative estimate of drug-likeness (QED) is 0.0171. The third-order valence-corrected chi connectivity index (χ3v) is 28.3. The van der Waals surface area contributed by atoms with E-state index in [4.69, 9.17) is 19.5 Å². The van der Waals surface area contributed by atoms with Gasteiger partial charge in [-0.15, -0.1) is 0 Å². The minimum atomic E-state index is -4.89. The van der Waals surface area contributed by atoms with Crippen molar-refractivity contribution >= 4 is 27.0 Å². The Balaban J connectivity index is 0.948. The Hall–Kier alpha value is -0.870. The lowest BCUT2D eigenvalue weighted by Crippen LogP contribution is -2.63. The number of nitrogens with one attached hydrogen (secondary N) is 4. The summed E-state index contributed by atoms with van der Waals surface area (Å²) in [6, 6.07) is 0.900. The molecule has 26 atom stereocenters. The maximum Gasteiger partial charge on any atom is 0.397 e. The Kier molecular flexibility index (Phi) is 24.4. The normalized spacial score (nSPS) is 41.8. The van der Waals surface area contributed by atoms with Crippen molar-refractivity contribution < 1.29 is 49.9 Å². The molecule has 86 heavy (non-hydrogen) atoms. The lowest BCUT2D eigenvalue weighted by atomic mass is 9.40. The number of aliphatic hydroxyl groups excluding tert-OH is 2. The second-order valence-corrected chi connectivity index (χ2v) is 34.4. The first-order valence-electron chi connectivity index (χ1n) is 35.3. The molecule has 0 radical (unpaired) electrons. The van der Waals surface area contributed by atoms with Crippen LogP contribution in [0.4, 0.5) is 0 Å². The van der Waals surface area contributed by atoms with Crippen LogP contribution < -0.4 is 32.4 Å². The maximum atomic E-state index is 13.1. The molecular weight excluding hydrogens is 1120 g/mol. The summed E-state index contributed by atoms with van der Waals surface area (Å²) in [6.07, 6.45) is 20.5. The fourth-order valence-corrected chi connectivity index (χ4v) is 23.9. The van der Waals surface area contributed by atoms with Crippen LogP contribution in [0.5, 0.6) is 0 Å². The summed E-state index contributed by atoms with van der Waals surface area (Å²) in [4.78, 5) is 0. The first-order chi connectivity index (χ1) is 40.5. The van der Waals surface area contributed by atoms with Crippen molar-refractivity contribution in [2.75, 3.05) is 45.8 Å². The molecule has 0 aliphatic heterocycles. The van der Waals surface area contributed by atoms with E-state index < -0.39 is 45.0 Å². The van der Waals surface area contributed by atoms with Gasteiger partial charge in [-0.2, -0.15) is 16.8 Å². The first-order valence-corrected chi connectivity index (χ1v) is 38.0. The third-order valence-electron chi connectivity index (χ3n) is 27.4. The summed E-state index contributed by atoms with van der Waals surface area (Å²) in [5, 5.41) is 45.4. The van der Waals surface area contributed by atoms with Gasteiger partial charge in [-0.1, -0.05) is 76.2 Å². The zero-order chi connectivity index (χ0) is 62.7. The van der Waals surface area contributed by atoms with Crippen LogP contribution in [0.2, 0.25) is 0 Å². The van der Waals surface area contributed by atoms with E-state index in [2.05, 4.69) is 76.7 Å². The highest BCUT2D eigenvalue weighted by Crippen LogP contribution is 2.72. The summed E-state index contributed by atoms with van der Waals surface area (Å²) in [6.45, 7) is 32.0. The second kappa shape index (κ2) is 29.6. The average molecular weight is 1250 g/mol. The van der Waals surface area contributed by atoms with Gasteiger partial charge in [-0.05, 0) is 296 Å². The summed E-state index contributed by atoms with van der Waals surface area (Å²) in [5.74, 6) is 3.53. The van der Waals surface area contributed by atoms with Crippen LogP contribution in [-0.4, -0.2) is 125 Å². The SMILES string of the molecule is CC(C)C(CC(C(C)C(CC[C@H](C)C1CCC2C1[C@H](C)CC1C2[C@H](O)C[C@@]2(C)C[C@@H](NCCCNCCCCN)CC[C@]12C)OS(=O)(=O)O)[C@H](C)C1CCC2C1[C@H](C)CC1C2[C@H](O)C[C@@]2(C)C[C@@H](NCCCNCCC=[NH2+])CC[C@]12C)OS(=O)(=O)O. The van der Waals surface area contributed by atoms with Crippen molar-refractivity contribution in [3.05, 3.63) is 0 Å². The van der Waals surface area contributed by atoms with Gasteiger partial charge in [0.15, 0.2) is 0 Å². The van der Waals surface area contributed by atoms with Gasteiger partial charge in [-0.3, -0.25) is 14.5 Å². The summed E-state index contributed by atoms with van der Waals surface area (Å²) < 4.78 is 83.4. The van der Waals surface area contributed by atoms with Gasteiger partial charge < -0.3 is 37.2 Å². The Morgan fingerprint density at radius 3 is 1.57 bits per heavy atom. The predicted molar refractivity (Wildman–Crippen MR) is 344 cm³/mol. The van der Waals surface area contributed by atoms with Crippen molar-refractivity contribution in [2.45, 2.75) is 254 Å². The minimum Gasteiger partial charge on any atom is -0.393 e. The first kappa shape index (κ1) is 71.0. The monoisotopic (exact) mass is 1250 g/mol. The number of nitrogens with two attached hydrogens (primary N) is 2. The van der Waals surface area contributed by atoms with E-state index in [1.807, 2.05) is 20.8 Å². The molecule has 500 valence electrons. The van der Waals surface area contributed by atoms with Crippen LogP contribution in [-0.2, 0) is 29.2 Å². The van der Waals surface area contributed by atoms with Gasteiger partial charge in [0.2, 0.25) is 0 Å². The molecule has 0 saturated heterocycles. The molecule has 8 rings (SSSR count). The van der Waals surface area contributed by atoms with E-state index in [1.54, 1.807) is 6.21 Å². The molecule has 0 bridgehead atoms. The van der Waals surface area contributed by atoms with Crippen molar-refractivity contribution in [2.24, 2.45) is 128 Å². The molecule has 12 N–H and O–H groups in total. The minimum absolute atomic E-state index is 0.00617. The zero-order valence-corrected chi connectivity index (χ0v) is 57.2. The van der Waals surface area contributed by atoms with Crippen molar-refractivity contribution in [1.82, 2.24) is 21.3 Å². The largest absolute Gasteiger partial charge is 0.397 e. The zero-order valence-electron chi connectivity index (χ0n) is 55.6. The molecule has 0 aromatic rings. The van der Waals surface area contributed by atoms with Gasteiger partial charge in [0.25, 0.3) is 0 Å². The van der Waals surface area contributed by atoms with Crippen LogP contribution >= 0.6 is 0 Å². The highest BCUT2D eigenvalue weighted by atomic mass is 32.3. The summed E-state index contributed by atoms with van der Waals surface area (Å²) >= 11 is 0. The molecule has 0 heterocycles. The fraction of sp³-hybridized carbons (Fsp3) is 0.985. The second-order valence-electron chi connectivity index (χ2n) is 32.3. The van der Waals surface area contributed by atoms with E-state index in [-0.39, 0.29) is 75.6 Å². The fourth-order valence-electron chi connectivity index (χ4n) is 22.7. The van der Waals surface area contributed by atoms with Crippen LogP contribution in [0.3, 0.4) is 0 Å². The highest BCUT2D eigenvalue weighted by molar-refractivity contribution is 7.81. The number of fused-ring (bicyclic) bond motifs is 10. The molecule has 16 nitrogen and oxygen atoms in total. The van der Waals surface area contributed by atoms with E-state index in [1.165, 1.54) is 12.8 Å². The molecule has 0 aromatic heterocycles. The number of aliphatic hydroxyl groups is 2.